The Kier molecular flexibility index (Phi) is 2.65. The maximum absolute atomic E-state index is 9.28. The van der Waals surface area contributed by atoms with Crippen LogP contribution in [0.2, 0.25) is 0 Å². The van der Waals surface area contributed by atoms with Crippen molar-refractivity contribution < 1.29 is 4.74 Å². The minimum absolute atomic E-state index is 0.454. The highest BCUT2D eigenvalue weighted by Crippen LogP contribution is 2.31. The normalized spacial score (nSPS) is 25.9. The summed E-state index contributed by atoms with van der Waals surface area (Å²) in [5, 5.41) is 9.28. The minimum atomic E-state index is -0.536. The second-order valence-electron chi connectivity index (χ2n) is 3.87. The molecular formula is C11H13N3O. The largest absolute Gasteiger partial charge is 0.379 e. The van der Waals surface area contributed by atoms with Crippen molar-refractivity contribution in [1.82, 2.24) is 9.97 Å². The van der Waals surface area contributed by atoms with Crippen molar-refractivity contribution in [2.24, 2.45) is 0 Å². The Balaban J connectivity index is 2.33. The van der Waals surface area contributed by atoms with E-state index in [1.807, 2.05) is 6.92 Å². The molecular weight excluding hydrogens is 190 g/mol. The Morgan fingerprint density at radius 2 is 2.20 bits per heavy atom. The van der Waals surface area contributed by atoms with E-state index >= 15 is 0 Å². The highest BCUT2D eigenvalue weighted by molar-refractivity contribution is 5.29. The molecule has 1 aromatic heterocycles. The van der Waals surface area contributed by atoms with Crippen molar-refractivity contribution in [3.8, 4) is 6.07 Å². The zero-order chi connectivity index (χ0) is 10.7. The Morgan fingerprint density at radius 3 is 2.73 bits per heavy atom. The van der Waals surface area contributed by atoms with Gasteiger partial charge in [0.1, 0.15) is 11.2 Å². The summed E-state index contributed by atoms with van der Waals surface area (Å²) in [6, 6.07) is 2.35. The van der Waals surface area contributed by atoms with Crippen molar-refractivity contribution >= 4 is 0 Å². The smallest absolute Gasteiger partial charge is 0.125 e. The van der Waals surface area contributed by atoms with Crippen LogP contribution in [0.25, 0.3) is 0 Å². The van der Waals surface area contributed by atoms with Gasteiger partial charge in [-0.1, -0.05) is 0 Å². The standard InChI is InChI=1S/C11H13N3O/c1-9-13-5-10(6-14-9)11(7-12)3-2-4-15-8-11/h5-6H,2-4,8H2,1H3/t11-/m1/s1. The molecule has 0 aromatic carbocycles. The van der Waals surface area contributed by atoms with Crippen molar-refractivity contribution in [1.29, 1.82) is 5.26 Å². The maximum atomic E-state index is 9.28. The molecule has 2 rings (SSSR count). The summed E-state index contributed by atoms with van der Waals surface area (Å²) in [4.78, 5) is 8.26. The van der Waals surface area contributed by atoms with Gasteiger partial charge in [0.15, 0.2) is 0 Å². The molecule has 1 fully saturated rings. The Morgan fingerprint density at radius 1 is 1.47 bits per heavy atom. The van der Waals surface area contributed by atoms with E-state index in [4.69, 9.17) is 4.74 Å². The van der Waals surface area contributed by atoms with Gasteiger partial charge in [0.05, 0.1) is 12.7 Å². The maximum Gasteiger partial charge on any atom is 0.125 e. The average Bonchev–Trinajstić information content (AvgIpc) is 2.31. The van der Waals surface area contributed by atoms with E-state index in [1.54, 1.807) is 12.4 Å². The predicted octanol–water partition coefficient (Wildman–Crippen LogP) is 1.36. The lowest BCUT2D eigenvalue weighted by Crippen LogP contribution is -2.34. The van der Waals surface area contributed by atoms with Crippen LogP contribution in [0, 0.1) is 18.3 Å². The van der Waals surface area contributed by atoms with E-state index in [0.29, 0.717) is 6.61 Å². The third-order valence-electron chi connectivity index (χ3n) is 2.79. The molecule has 1 aliphatic rings. The van der Waals surface area contributed by atoms with Gasteiger partial charge in [-0.3, -0.25) is 0 Å². The molecule has 0 unspecified atom stereocenters. The summed E-state index contributed by atoms with van der Waals surface area (Å²) in [7, 11) is 0. The molecule has 2 heterocycles. The predicted molar refractivity (Wildman–Crippen MR) is 54.1 cm³/mol. The first-order valence-electron chi connectivity index (χ1n) is 5.05. The molecule has 15 heavy (non-hydrogen) atoms. The second kappa shape index (κ2) is 3.95. The summed E-state index contributed by atoms with van der Waals surface area (Å²) in [6.07, 6.45) is 5.22. The van der Waals surface area contributed by atoms with Gasteiger partial charge in [-0.15, -0.1) is 0 Å². The average molecular weight is 203 g/mol. The number of ether oxygens (including phenoxy) is 1. The molecule has 4 heteroatoms. The third kappa shape index (κ3) is 1.83. The van der Waals surface area contributed by atoms with Gasteiger partial charge in [-0.2, -0.15) is 5.26 Å². The Labute approximate surface area is 88.9 Å². The third-order valence-corrected chi connectivity index (χ3v) is 2.79. The summed E-state index contributed by atoms with van der Waals surface area (Å²) in [5.41, 5.74) is 0.335. The Hall–Kier alpha value is -1.47. The summed E-state index contributed by atoms with van der Waals surface area (Å²) >= 11 is 0. The fourth-order valence-electron chi connectivity index (χ4n) is 1.81. The fourth-order valence-corrected chi connectivity index (χ4v) is 1.81. The highest BCUT2D eigenvalue weighted by atomic mass is 16.5. The zero-order valence-electron chi connectivity index (χ0n) is 8.73. The van der Waals surface area contributed by atoms with Gasteiger partial charge in [0.25, 0.3) is 0 Å². The molecule has 4 nitrogen and oxygen atoms in total. The lowest BCUT2D eigenvalue weighted by molar-refractivity contribution is 0.0560. The summed E-state index contributed by atoms with van der Waals surface area (Å²) < 4.78 is 5.38. The SMILES string of the molecule is Cc1ncc([C@@]2(C#N)CCCOC2)cn1. The number of hydrogen-bond donors (Lipinski definition) is 0. The molecule has 1 saturated heterocycles. The number of aryl methyl sites for hydroxylation is 1. The van der Waals surface area contributed by atoms with Crippen LogP contribution in [0.5, 0.6) is 0 Å². The molecule has 0 bridgehead atoms. The number of aromatic nitrogens is 2. The van der Waals surface area contributed by atoms with Gasteiger partial charge in [0.2, 0.25) is 0 Å². The van der Waals surface area contributed by atoms with Crippen LogP contribution in [0.1, 0.15) is 24.2 Å². The number of nitrogens with zero attached hydrogens (tertiary/aromatic N) is 3. The van der Waals surface area contributed by atoms with Crippen LogP contribution in [0.3, 0.4) is 0 Å². The van der Waals surface area contributed by atoms with Crippen LogP contribution in [-0.2, 0) is 10.2 Å². The molecule has 78 valence electrons. The summed E-state index contributed by atoms with van der Waals surface area (Å²) in [6.45, 7) is 3.03. The molecule has 0 N–H and O–H groups in total. The zero-order valence-corrected chi connectivity index (χ0v) is 8.73. The molecule has 1 atom stereocenters. The van der Waals surface area contributed by atoms with Crippen LogP contribution in [-0.4, -0.2) is 23.2 Å². The monoisotopic (exact) mass is 203 g/mol. The molecule has 1 aromatic rings. The Bertz CT molecular complexity index is 374. The van der Waals surface area contributed by atoms with E-state index in [9.17, 15) is 5.26 Å². The number of rotatable bonds is 1. The van der Waals surface area contributed by atoms with E-state index in [0.717, 1.165) is 30.8 Å². The first-order chi connectivity index (χ1) is 7.27. The fraction of sp³-hybridized carbons (Fsp3) is 0.545. The molecule has 0 saturated carbocycles. The first-order valence-corrected chi connectivity index (χ1v) is 5.05. The van der Waals surface area contributed by atoms with Crippen molar-refractivity contribution in [2.75, 3.05) is 13.2 Å². The highest BCUT2D eigenvalue weighted by Gasteiger charge is 2.35. The van der Waals surface area contributed by atoms with Crippen LogP contribution in [0.15, 0.2) is 12.4 Å². The molecule has 0 radical (unpaired) electrons. The lowest BCUT2D eigenvalue weighted by atomic mass is 9.79. The van der Waals surface area contributed by atoms with Crippen molar-refractivity contribution in [3.63, 3.8) is 0 Å². The molecule has 1 aliphatic heterocycles. The summed E-state index contributed by atoms with van der Waals surface area (Å²) in [5.74, 6) is 0.726. The number of hydrogen-bond acceptors (Lipinski definition) is 4. The van der Waals surface area contributed by atoms with Crippen molar-refractivity contribution in [3.05, 3.63) is 23.8 Å². The van der Waals surface area contributed by atoms with Crippen LogP contribution >= 0.6 is 0 Å². The van der Waals surface area contributed by atoms with Crippen molar-refractivity contribution in [2.45, 2.75) is 25.2 Å². The number of nitriles is 1. The van der Waals surface area contributed by atoms with Gasteiger partial charge in [-0.25, -0.2) is 9.97 Å². The lowest BCUT2D eigenvalue weighted by Gasteiger charge is -2.30. The minimum Gasteiger partial charge on any atom is -0.379 e. The molecule has 0 amide bonds. The quantitative estimate of drug-likeness (QED) is 0.691. The van der Waals surface area contributed by atoms with Crippen LogP contribution in [0.4, 0.5) is 0 Å². The van der Waals surface area contributed by atoms with Crippen LogP contribution < -0.4 is 0 Å². The van der Waals surface area contributed by atoms with Gasteiger partial charge < -0.3 is 4.74 Å². The van der Waals surface area contributed by atoms with Gasteiger partial charge >= 0.3 is 0 Å². The molecule has 0 spiro atoms. The van der Waals surface area contributed by atoms with E-state index < -0.39 is 5.41 Å². The first kappa shape index (κ1) is 10.1. The van der Waals surface area contributed by atoms with Gasteiger partial charge in [0, 0.05) is 24.6 Å². The van der Waals surface area contributed by atoms with E-state index in [2.05, 4.69) is 16.0 Å². The van der Waals surface area contributed by atoms with Gasteiger partial charge in [-0.05, 0) is 19.8 Å². The van der Waals surface area contributed by atoms with E-state index in [-0.39, 0.29) is 0 Å². The molecule has 0 aliphatic carbocycles. The van der Waals surface area contributed by atoms with E-state index in [1.165, 1.54) is 0 Å². The topological polar surface area (TPSA) is 58.8 Å². The second-order valence-corrected chi connectivity index (χ2v) is 3.87.